The summed E-state index contributed by atoms with van der Waals surface area (Å²) in [5, 5.41) is 3.22. The fourth-order valence-corrected chi connectivity index (χ4v) is 2.47. The summed E-state index contributed by atoms with van der Waals surface area (Å²) in [6, 6.07) is 2.89. The largest absolute Gasteiger partial charge is 0.416 e. The van der Waals surface area contributed by atoms with E-state index in [-0.39, 0.29) is 17.6 Å². The highest BCUT2D eigenvalue weighted by molar-refractivity contribution is 5.30. The van der Waals surface area contributed by atoms with Gasteiger partial charge in [-0.1, -0.05) is 6.07 Å². The fraction of sp³-hybridized carbons (Fsp3) is 0.571. The molecule has 0 bridgehead atoms. The summed E-state index contributed by atoms with van der Waals surface area (Å²) in [5.74, 6) is -0.861. The van der Waals surface area contributed by atoms with Gasteiger partial charge in [0.05, 0.1) is 5.56 Å². The van der Waals surface area contributed by atoms with E-state index in [9.17, 15) is 17.6 Å². The highest BCUT2D eigenvalue weighted by Crippen LogP contribution is 2.34. The first-order valence-corrected chi connectivity index (χ1v) is 6.51. The lowest BCUT2D eigenvalue weighted by molar-refractivity contribution is -0.138. The van der Waals surface area contributed by atoms with Gasteiger partial charge in [-0.2, -0.15) is 13.2 Å². The number of hydrogen-bond acceptors (Lipinski definition) is 2. The monoisotopic (exact) mass is 290 g/mol. The number of nitrogens with one attached hydrogen (secondary N) is 1. The van der Waals surface area contributed by atoms with Crippen molar-refractivity contribution in [3.63, 3.8) is 0 Å². The quantitative estimate of drug-likeness (QED) is 0.842. The van der Waals surface area contributed by atoms with Crippen LogP contribution in [0.2, 0.25) is 0 Å². The van der Waals surface area contributed by atoms with Crippen molar-refractivity contribution >= 4 is 0 Å². The number of nitrogens with zero attached hydrogens (tertiary/aromatic N) is 1. The second-order valence-corrected chi connectivity index (χ2v) is 5.71. The molecule has 0 unspecified atom stereocenters. The third-order valence-electron chi connectivity index (χ3n) is 3.71. The molecule has 1 N–H and O–H groups in total. The molecule has 0 aliphatic carbocycles. The molecule has 0 saturated carbocycles. The maximum Gasteiger partial charge on any atom is 0.416 e. The van der Waals surface area contributed by atoms with Crippen molar-refractivity contribution < 1.29 is 17.6 Å². The van der Waals surface area contributed by atoms with Crippen molar-refractivity contribution in [1.82, 2.24) is 10.2 Å². The molecule has 6 heteroatoms. The predicted octanol–water partition coefficient (Wildman–Crippen LogP) is 3.03. The third-order valence-corrected chi connectivity index (χ3v) is 3.71. The van der Waals surface area contributed by atoms with E-state index in [4.69, 9.17) is 0 Å². The second-order valence-electron chi connectivity index (χ2n) is 5.71. The first kappa shape index (κ1) is 15.3. The van der Waals surface area contributed by atoms with E-state index >= 15 is 0 Å². The Balaban J connectivity index is 2.29. The molecular weight excluding hydrogens is 272 g/mol. The van der Waals surface area contributed by atoms with Crippen LogP contribution in [-0.4, -0.2) is 30.1 Å². The number of benzene rings is 1. The molecular formula is C14H18F4N2. The van der Waals surface area contributed by atoms with Gasteiger partial charge in [0.1, 0.15) is 5.82 Å². The molecule has 2 nitrogen and oxygen atoms in total. The summed E-state index contributed by atoms with van der Waals surface area (Å²) in [7, 11) is 0. The van der Waals surface area contributed by atoms with Crippen molar-refractivity contribution in [2.75, 3.05) is 19.6 Å². The summed E-state index contributed by atoms with van der Waals surface area (Å²) in [6.45, 7) is 6.26. The summed E-state index contributed by atoms with van der Waals surface area (Å²) >= 11 is 0. The average molecular weight is 290 g/mol. The molecule has 1 aromatic rings. The normalized spacial score (nSPS) is 20.1. The zero-order chi connectivity index (χ0) is 15.0. The topological polar surface area (TPSA) is 15.3 Å². The second kappa shape index (κ2) is 5.33. The van der Waals surface area contributed by atoms with Crippen molar-refractivity contribution in [2.24, 2.45) is 0 Å². The molecule has 1 fully saturated rings. The molecule has 2 rings (SSSR count). The van der Waals surface area contributed by atoms with Crippen molar-refractivity contribution in [1.29, 1.82) is 0 Å². The van der Waals surface area contributed by atoms with Gasteiger partial charge in [-0.3, -0.25) is 4.90 Å². The van der Waals surface area contributed by atoms with E-state index in [0.717, 1.165) is 19.2 Å². The van der Waals surface area contributed by atoms with Gasteiger partial charge in [-0.15, -0.1) is 0 Å². The van der Waals surface area contributed by atoms with E-state index in [1.54, 1.807) is 0 Å². The number of rotatable bonds is 2. The first-order chi connectivity index (χ1) is 9.20. The van der Waals surface area contributed by atoms with Crippen LogP contribution in [0.25, 0.3) is 0 Å². The minimum atomic E-state index is -4.53. The summed E-state index contributed by atoms with van der Waals surface area (Å²) in [4.78, 5) is 1.99. The van der Waals surface area contributed by atoms with Crippen LogP contribution in [-0.2, 0) is 12.7 Å². The highest BCUT2D eigenvalue weighted by atomic mass is 19.4. The molecule has 1 aromatic carbocycles. The van der Waals surface area contributed by atoms with Crippen LogP contribution < -0.4 is 5.32 Å². The third kappa shape index (κ3) is 3.30. The van der Waals surface area contributed by atoms with Crippen LogP contribution in [0.3, 0.4) is 0 Å². The summed E-state index contributed by atoms with van der Waals surface area (Å²) in [5.41, 5.74) is -0.990. The van der Waals surface area contributed by atoms with Gasteiger partial charge < -0.3 is 5.32 Å². The summed E-state index contributed by atoms with van der Waals surface area (Å²) < 4.78 is 52.0. The molecule has 1 aliphatic rings. The number of hydrogen-bond donors (Lipinski definition) is 1. The maximum absolute atomic E-state index is 13.1. The van der Waals surface area contributed by atoms with Crippen LogP contribution in [0.5, 0.6) is 0 Å². The molecule has 0 atom stereocenters. The van der Waals surface area contributed by atoms with Crippen molar-refractivity contribution in [3.8, 4) is 0 Å². The molecule has 1 heterocycles. The van der Waals surface area contributed by atoms with Gasteiger partial charge in [0.15, 0.2) is 0 Å². The van der Waals surface area contributed by atoms with Crippen LogP contribution in [0.1, 0.15) is 25.0 Å². The SMILES string of the molecule is CC1(C)CNCCN1Cc1ccc(F)cc1C(F)(F)F. The summed E-state index contributed by atoms with van der Waals surface area (Å²) in [6.07, 6.45) is -4.53. The Morgan fingerprint density at radius 2 is 2.00 bits per heavy atom. The smallest absolute Gasteiger partial charge is 0.314 e. The predicted molar refractivity (Wildman–Crippen MR) is 68.8 cm³/mol. The van der Waals surface area contributed by atoms with Gasteiger partial charge >= 0.3 is 6.18 Å². The Hall–Kier alpha value is -1.14. The van der Waals surface area contributed by atoms with E-state index in [1.165, 1.54) is 6.07 Å². The first-order valence-electron chi connectivity index (χ1n) is 6.51. The standard InChI is InChI=1S/C14H18F4N2/c1-13(2)9-19-5-6-20(13)8-10-3-4-11(15)7-12(10)14(16,17)18/h3-4,7,19H,5-6,8-9H2,1-2H3. The number of piperazine rings is 1. The lowest BCUT2D eigenvalue weighted by Crippen LogP contribution is -2.57. The van der Waals surface area contributed by atoms with Crippen LogP contribution in [0, 0.1) is 5.82 Å². The maximum atomic E-state index is 13.1. The minimum absolute atomic E-state index is 0.119. The van der Waals surface area contributed by atoms with Gasteiger partial charge in [-0.05, 0) is 31.5 Å². The lowest BCUT2D eigenvalue weighted by atomic mass is 9.97. The van der Waals surface area contributed by atoms with Gasteiger partial charge in [0, 0.05) is 31.7 Å². The van der Waals surface area contributed by atoms with E-state index in [2.05, 4.69) is 5.32 Å². The molecule has 112 valence electrons. The molecule has 0 aromatic heterocycles. The zero-order valence-electron chi connectivity index (χ0n) is 11.5. The molecule has 1 aliphatic heterocycles. The average Bonchev–Trinajstić information content (AvgIpc) is 2.32. The Morgan fingerprint density at radius 1 is 1.30 bits per heavy atom. The molecule has 1 saturated heterocycles. The Bertz CT molecular complexity index is 483. The van der Waals surface area contributed by atoms with Crippen LogP contribution >= 0.6 is 0 Å². The Kier molecular flexibility index (Phi) is 4.07. The van der Waals surface area contributed by atoms with E-state index in [1.807, 2.05) is 18.7 Å². The highest BCUT2D eigenvalue weighted by Gasteiger charge is 2.36. The van der Waals surface area contributed by atoms with Crippen molar-refractivity contribution in [2.45, 2.75) is 32.1 Å². The van der Waals surface area contributed by atoms with E-state index < -0.39 is 17.6 Å². The van der Waals surface area contributed by atoms with Crippen molar-refractivity contribution in [3.05, 3.63) is 35.1 Å². The van der Waals surface area contributed by atoms with Crippen LogP contribution in [0.4, 0.5) is 17.6 Å². The molecule has 20 heavy (non-hydrogen) atoms. The van der Waals surface area contributed by atoms with Gasteiger partial charge in [-0.25, -0.2) is 4.39 Å². The van der Waals surface area contributed by atoms with Crippen LogP contribution in [0.15, 0.2) is 18.2 Å². The van der Waals surface area contributed by atoms with E-state index in [0.29, 0.717) is 12.6 Å². The van der Waals surface area contributed by atoms with Gasteiger partial charge in [0.2, 0.25) is 0 Å². The Morgan fingerprint density at radius 3 is 2.60 bits per heavy atom. The number of alkyl halides is 3. The fourth-order valence-electron chi connectivity index (χ4n) is 2.47. The number of halogens is 4. The molecule has 0 amide bonds. The van der Waals surface area contributed by atoms with Gasteiger partial charge in [0.25, 0.3) is 0 Å². The minimum Gasteiger partial charge on any atom is -0.314 e. The molecule has 0 radical (unpaired) electrons. The lowest BCUT2D eigenvalue weighted by Gasteiger charge is -2.43. The Labute approximate surface area is 115 Å². The molecule has 0 spiro atoms. The zero-order valence-corrected chi connectivity index (χ0v) is 11.5.